The number of nitrogens with zero attached hydrogens (tertiary/aromatic N) is 1. The summed E-state index contributed by atoms with van der Waals surface area (Å²) in [4.78, 5) is 13.0. The zero-order valence-corrected chi connectivity index (χ0v) is 11.6. The SMILES string of the molecule is O=C(O)[C@@H]1CCCN1CCOc1cccc(Br)c1. The van der Waals surface area contributed by atoms with Gasteiger partial charge in [0.15, 0.2) is 0 Å². The van der Waals surface area contributed by atoms with Crippen LogP contribution < -0.4 is 4.74 Å². The lowest BCUT2D eigenvalue weighted by Gasteiger charge is -2.20. The second-order valence-electron chi connectivity index (χ2n) is 4.34. The van der Waals surface area contributed by atoms with Crippen LogP contribution in [0.5, 0.6) is 5.75 Å². The third-order valence-electron chi connectivity index (χ3n) is 3.09. The van der Waals surface area contributed by atoms with Gasteiger partial charge in [0.25, 0.3) is 0 Å². The summed E-state index contributed by atoms with van der Waals surface area (Å²) in [6.07, 6.45) is 1.69. The Labute approximate surface area is 115 Å². The highest BCUT2D eigenvalue weighted by atomic mass is 79.9. The summed E-state index contributed by atoms with van der Waals surface area (Å²) < 4.78 is 6.59. The molecule has 0 amide bonds. The Morgan fingerprint density at radius 2 is 2.39 bits per heavy atom. The van der Waals surface area contributed by atoms with Crippen molar-refractivity contribution in [1.29, 1.82) is 0 Å². The van der Waals surface area contributed by atoms with E-state index in [0.29, 0.717) is 13.2 Å². The Balaban J connectivity index is 1.80. The molecule has 18 heavy (non-hydrogen) atoms. The van der Waals surface area contributed by atoms with E-state index in [1.54, 1.807) is 0 Å². The van der Waals surface area contributed by atoms with Crippen LogP contribution in [-0.2, 0) is 4.79 Å². The van der Waals surface area contributed by atoms with Gasteiger partial charge >= 0.3 is 5.97 Å². The van der Waals surface area contributed by atoms with Gasteiger partial charge in [-0.3, -0.25) is 9.69 Å². The second-order valence-corrected chi connectivity index (χ2v) is 5.25. The molecule has 2 rings (SSSR count). The molecule has 0 aliphatic carbocycles. The zero-order valence-electron chi connectivity index (χ0n) is 10.0. The van der Waals surface area contributed by atoms with Crippen molar-refractivity contribution < 1.29 is 14.6 Å². The maximum absolute atomic E-state index is 11.0. The van der Waals surface area contributed by atoms with Crippen molar-refractivity contribution in [3.63, 3.8) is 0 Å². The molecule has 0 aromatic heterocycles. The average molecular weight is 314 g/mol. The number of benzene rings is 1. The standard InChI is InChI=1S/C13H16BrNO3/c14-10-3-1-4-11(9-10)18-8-7-15-6-2-5-12(15)13(16)17/h1,3-4,9,12H,2,5-8H2,(H,16,17)/t12-/m0/s1. The predicted octanol–water partition coefficient (Wildman–Crippen LogP) is 2.38. The van der Waals surface area contributed by atoms with Gasteiger partial charge in [0.1, 0.15) is 18.4 Å². The van der Waals surface area contributed by atoms with Crippen molar-refractivity contribution in [2.45, 2.75) is 18.9 Å². The Bertz CT molecular complexity index is 424. The van der Waals surface area contributed by atoms with E-state index in [1.165, 1.54) is 0 Å². The van der Waals surface area contributed by atoms with E-state index in [-0.39, 0.29) is 6.04 Å². The highest BCUT2D eigenvalue weighted by Crippen LogP contribution is 2.19. The van der Waals surface area contributed by atoms with Crippen molar-refractivity contribution in [3.05, 3.63) is 28.7 Å². The molecular formula is C13H16BrNO3. The molecule has 1 aromatic carbocycles. The van der Waals surface area contributed by atoms with Gasteiger partial charge in [-0.2, -0.15) is 0 Å². The van der Waals surface area contributed by atoms with Crippen LogP contribution in [0.25, 0.3) is 0 Å². The molecule has 1 N–H and O–H groups in total. The van der Waals surface area contributed by atoms with Crippen LogP contribution in [0.4, 0.5) is 0 Å². The average Bonchev–Trinajstić information content (AvgIpc) is 2.77. The Morgan fingerprint density at radius 1 is 1.56 bits per heavy atom. The van der Waals surface area contributed by atoms with Crippen LogP contribution in [0, 0.1) is 0 Å². The molecule has 1 saturated heterocycles. The predicted molar refractivity (Wildman–Crippen MR) is 71.9 cm³/mol. The number of likely N-dealkylation sites (tertiary alicyclic amines) is 1. The molecule has 4 nitrogen and oxygen atoms in total. The quantitative estimate of drug-likeness (QED) is 0.906. The first kappa shape index (κ1) is 13.4. The molecule has 1 aliphatic heterocycles. The van der Waals surface area contributed by atoms with Crippen LogP contribution in [-0.4, -0.2) is 41.7 Å². The molecule has 1 heterocycles. The summed E-state index contributed by atoms with van der Waals surface area (Å²) in [5.41, 5.74) is 0. The van der Waals surface area contributed by atoms with Crippen LogP contribution in [0.1, 0.15) is 12.8 Å². The fourth-order valence-corrected chi connectivity index (χ4v) is 2.59. The van der Waals surface area contributed by atoms with Gasteiger partial charge in [0, 0.05) is 11.0 Å². The number of ether oxygens (including phenoxy) is 1. The van der Waals surface area contributed by atoms with E-state index >= 15 is 0 Å². The summed E-state index contributed by atoms with van der Waals surface area (Å²) in [6, 6.07) is 7.31. The Morgan fingerprint density at radius 3 is 3.11 bits per heavy atom. The first-order chi connectivity index (χ1) is 8.66. The third kappa shape index (κ3) is 3.46. The molecule has 0 unspecified atom stereocenters. The lowest BCUT2D eigenvalue weighted by Crippen LogP contribution is -2.38. The molecule has 1 aromatic rings. The molecule has 0 spiro atoms. The van der Waals surface area contributed by atoms with Crippen LogP contribution in [0.2, 0.25) is 0 Å². The third-order valence-corrected chi connectivity index (χ3v) is 3.59. The minimum Gasteiger partial charge on any atom is -0.492 e. The van der Waals surface area contributed by atoms with Crippen molar-refractivity contribution >= 4 is 21.9 Å². The summed E-state index contributed by atoms with van der Waals surface area (Å²) in [7, 11) is 0. The molecule has 1 fully saturated rings. The van der Waals surface area contributed by atoms with Gasteiger partial charge in [-0.1, -0.05) is 22.0 Å². The van der Waals surface area contributed by atoms with Gasteiger partial charge in [-0.15, -0.1) is 0 Å². The van der Waals surface area contributed by atoms with Crippen molar-refractivity contribution in [1.82, 2.24) is 4.90 Å². The summed E-state index contributed by atoms with van der Waals surface area (Å²) in [5, 5.41) is 9.05. The number of hydrogen-bond acceptors (Lipinski definition) is 3. The fraction of sp³-hybridized carbons (Fsp3) is 0.462. The Kier molecular flexibility index (Phi) is 4.60. The summed E-state index contributed by atoms with van der Waals surface area (Å²) in [5.74, 6) is 0.0744. The van der Waals surface area contributed by atoms with Crippen molar-refractivity contribution in [3.8, 4) is 5.75 Å². The number of rotatable bonds is 5. The maximum Gasteiger partial charge on any atom is 0.320 e. The van der Waals surface area contributed by atoms with E-state index in [9.17, 15) is 4.79 Å². The molecular weight excluding hydrogens is 298 g/mol. The highest BCUT2D eigenvalue weighted by Gasteiger charge is 2.29. The lowest BCUT2D eigenvalue weighted by molar-refractivity contribution is -0.142. The molecule has 1 aliphatic rings. The zero-order chi connectivity index (χ0) is 13.0. The van der Waals surface area contributed by atoms with E-state index < -0.39 is 5.97 Å². The summed E-state index contributed by atoms with van der Waals surface area (Å²) in [6.45, 7) is 2.02. The first-order valence-corrected chi connectivity index (χ1v) is 6.81. The van der Waals surface area contributed by atoms with E-state index in [4.69, 9.17) is 9.84 Å². The van der Waals surface area contributed by atoms with Gasteiger partial charge in [-0.05, 0) is 37.6 Å². The highest BCUT2D eigenvalue weighted by molar-refractivity contribution is 9.10. The monoisotopic (exact) mass is 313 g/mol. The van der Waals surface area contributed by atoms with E-state index in [0.717, 1.165) is 29.6 Å². The largest absolute Gasteiger partial charge is 0.492 e. The first-order valence-electron chi connectivity index (χ1n) is 6.02. The Hall–Kier alpha value is -1.07. The number of hydrogen-bond donors (Lipinski definition) is 1. The van der Waals surface area contributed by atoms with Crippen LogP contribution in [0.3, 0.4) is 0 Å². The minimum atomic E-state index is -0.727. The van der Waals surface area contributed by atoms with Gasteiger partial charge in [0.2, 0.25) is 0 Å². The molecule has 0 bridgehead atoms. The van der Waals surface area contributed by atoms with Gasteiger partial charge in [-0.25, -0.2) is 0 Å². The number of carboxylic acid groups (broad SMARTS) is 1. The number of carbonyl (C=O) groups is 1. The maximum atomic E-state index is 11.0. The summed E-state index contributed by atoms with van der Waals surface area (Å²) >= 11 is 3.38. The normalized spacial score (nSPS) is 19.9. The van der Waals surface area contributed by atoms with E-state index in [1.807, 2.05) is 29.2 Å². The van der Waals surface area contributed by atoms with Crippen molar-refractivity contribution in [2.24, 2.45) is 0 Å². The molecule has 5 heteroatoms. The van der Waals surface area contributed by atoms with E-state index in [2.05, 4.69) is 15.9 Å². The molecule has 0 radical (unpaired) electrons. The van der Waals surface area contributed by atoms with Crippen LogP contribution >= 0.6 is 15.9 Å². The molecule has 98 valence electrons. The topological polar surface area (TPSA) is 49.8 Å². The van der Waals surface area contributed by atoms with Crippen LogP contribution in [0.15, 0.2) is 28.7 Å². The molecule has 0 saturated carbocycles. The smallest absolute Gasteiger partial charge is 0.320 e. The number of carboxylic acids is 1. The second kappa shape index (κ2) is 6.20. The molecule has 1 atom stereocenters. The van der Waals surface area contributed by atoms with Crippen molar-refractivity contribution in [2.75, 3.05) is 19.7 Å². The minimum absolute atomic E-state index is 0.337. The van der Waals surface area contributed by atoms with Gasteiger partial charge < -0.3 is 9.84 Å². The fourth-order valence-electron chi connectivity index (χ4n) is 2.21. The lowest BCUT2D eigenvalue weighted by atomic mass is 10.2. The number of aliphatic carboxylic acids is 1. The van der Waals surface area contributed by atoms with Gasteiger partial charge in [0.05, 0.1) is 0 Å². The number of halogens is 1.